The molecule has 1 aliphatic rings. The summed E-state index contributed by atoms with van der Waals surface area (Å²) >= 11 is 2.92. The van der Waals surface area contributed by atoms with E-state index in [-0.39, 0.29) is 11.6 Å². The number of aromatic nitrogens is 1. The van der Waals surface area contributed by atoms with Crippen LogP contribution in [0.3, 0.4) is 0 Å². The van der Waals surface area contributed by atoms with Crippen LogP contribution < -0.4 is 16.0 Å². The molecule has 6 rings (SSSR count). The van der Waals surface area contributed by atoms with Crippen molar-refractivity contribution < 1.29 is 14.4 Å². The molecule has 5 aromatic rings. The number of nitriles is 1. The van der Waals surface area contributed by atoms with Crippen molar-refractivity contribution in [3.8, 4) is 6.07 Å². The van der Waals surface area contributed by atoms with Gasteiger partial charge in [-0.1, -0.05) is 42.8 Å². The number of aromatic amines is 1. The molecule has 10 heteroatoms. The quantitative estimate of drug-likeness (QED) is 0.0727. The number of anilines is 2. The lowest BCUT2D eigenvalue weighted by molar-refractivity contribution is -0.115. The first-order valence-electron chi connectivity index (χ1n) is 15.5. The average molecular weight is 660 g/mol. The molecule has 1 unspecified atom stereocenters. The second kappa shape index (κ2) is 14.5. The molecule has 0 aliphatic heterocycles. The van der Waals surface area contributed by atoms with Crippen LogP contribution in [0.1, 0.15) is 58.1 Å². The van der Waals surface area contributed by atoms with E-state index in [1.54, 1.807) is 48.7 Å². The molecular formula is C37H33N5O3S2. The maximum Gasteiger partial charge on any atom is 0.272 e. The van der Waals surface area contributed by atoms with Crippen LogP contribution in [0.4, 0.5) is 10.7 Å². The van der Waals surface area contributed by atoms with Gasteiger partial charge in [-0.25, -0.2) is 0 Å². The van der Waals surface area contributed by atoms with Crippen LogP contribution in [-0.2, 0) is 22.4 Å². The van der Waals surface area contributed by atoms with Crippen molar-refractivity contribution in [3.05, 3.63) is 118 Å². The predicted molar refractivity (Wildman–Crippen MR) is 189 cm³/mol. The topological polar surface area (TPSA) is 127 Å². The lowest BCUT2D eigenvalue weighted by atomic mass is 10.1. The molecule has 1 aliphatic carbocycles. The van der Waals surface area contributed by atoms with E-state index in [1.165, 1.54) is 28.0 Å². The molecule has 1 atom stereocenters. The molecule has 0 saturated carbocycles. The van der Waals surface area contributed by atoms with Gasteiger partial charge >= 0.3 is 0 Å². The molecule has 0 fully saturated rings. The molecule has 0 saturated heterocycles. The maximum atomic E-state index is 13.5. The molecule has 236 valence electrons. The fraction of sp³-hybridized carbons (Fsp3) is 0.189. The van der Waals surface area contributed by atoms with Crippen LogP contribution in [0, 0.1) is 11.3 Å². The predicted octanol–water partition coefficient (Wildman–Crippen LogP) is 7.90. The number of hydrogen-bond acceptors (Lipinski definition) is 6. The summed E-state index contributed by atoms with van der Waals surface area (Å²) in [4.78, 5) is 44.9. The normalized spacial score (nSPS) is 13.6. The third-order valence-electron chi connectivity index (χ3n) is 8.01. The second-order valence-corrected chi connectivity index (χ2v) is 13.8. The third kappa shape index (κ3) is 7.49. The Bertz CT molecular complexity index is 2010. The molecule has 8 nitrogen and oxygen atoms in total. The van der Waals surface area contributed by atoms with Crippen LogP contribution in [0.15, 0.2) is 95.7 Å². The summed E-state index contributed by atoms with van der Waals surface area (Å²) in [5.74, 6) is -1.04. The molecule has 2 heterocycles. The molecule has 47 heavy (non-hydrogen) atoms. The fourth-order valence-electron chi connectivity index (χ4n) is 5.55. The average Bonchev–Trinajstić information content (AvgIpc) is 3.56. The molecule has 4 N–H and O–H groups in total. The van der Waals surface area contributed by atoms with Gasteiger partial charge in [0.1, 0.15) is 16.8 Å². The van der Waals surface area contributed by atoms with Gasteiger partial charge < -0.3 is 20.9 Å². The van der Waals surface area contributed by atoms with Crippen LogP contribution >= 0.6 is 23.1 Å². The van der Waals surface area contributed by atoms with Crippen LogP contribution in [-0.4, -0.2) is 28.0 Å². The SMILES string of the molecule is CC(Sc1ccc(NC(=O)/C(=C/c2c[nH]c3ccccc23)NC(=O)c2ccccc2)cc1)C(=O)Nc1sc2c(c1C#N)CCCCC2. The van der Waals surface area contributed by atoms with E-state index in [0.717, 1.165) is 59.0 Å². The number of thioether (sulfide) groups is 1. The van der Waals surface area contributed by atoms with Gasteiger partial charge in [0.2, 0.25) is 5.91 Å². The van der Waals surface area contributed by atoms with Gasteiger partial charge in [0.25, 0.3) is 11.8 Å². The van der Waals surface area contributed by atoms with E-state index < -0.39 is 17.1 Å². The zero-order valence-corrected chi connectivity index (χ0v) is 27.4. The van der Waals surface area contributed by atoms with Crippen LogP contribution in [0.25, 0.3) is 17.0 Å². The first kappa shape index (κ1) is 31.9. The third-order valence-corrected chi connectivity index (χ3v) is 10.3. The summed E-state index contributed by atoms with van der Waals surface area (Å²) in [7, 11) is 0. The highest BCUT2D eigenvalue weighted by Gasteiger charge is 2.23. The standard InChI is InChI=1S/C37H33N5O3S2/c1-23(34(43)42-37-30(21-38)29-13-6-3-7-15-33(29)47-37)46-27-18-16-26(17-19-27)40-36(45)32(41-35(44)24-10-4-2-5-11-24)20-25-22-39-31-14-9-8-12-28(25)31/h2,4-5,8-12,14,16-20,22-23,39H,3,6-7,13,15H2,1H3,(H,40,45)(H,41,44)(H,42,43)/b32-20-. The Labute approximate surface area is 281 Å². The van der Waals surface area contributed by atoms with Gasteiger partial charge in [-0.2, -0.15) is 5.26 Å². The molecule has 0 bridgehead atoms. The molecule has 0 radical (unpaired) electrons. The zero-order chi connectivity index (χ0) is 32.8. The van der Waals surface area contributed by atoms with E-state index in [4.69, 9.17) is 0 Å². The minimum Gasteiger partial charge on any atom is -0.361 e. The van der Waals surface area contributed by atoms with Crippen molar-refractivity contribution >= 4 is 68.5 Å². The summed E-state index contributed by atoms with van der Waals surface area (Å²) in [6.07, 6.45) is 8.64. The Morgan fingerprint density at radius 3 is 2.47 bits per heavy atom. The molecule has 3 aromatic carbocycles. The highest BCUT2D eigenvalue weighted by Crippen LogP contribution is 2.37. The number of nitrogens with zero attached hydrogens (tertiary/aromatic N) is 1. The number of benzene rings is 3. The van der Waals surface area contributed by atoms with E-state index >= 15 is 0 Å². The van der Waals surface area contributed by atoms with Crippen molar-refractivity contribution in [2.45, 2.75) is 49.2 Å². The number of carbonyl (C=O) groups is 3. The van der Waals surface area contributed by atoms with Crippen molar-refractivity contribution in [3.63, 3.8) is 0 Å². The molecule has 3 amide bonds. The number of amides is 3. The fourth-order valence-corrected chi connectivity index (χ4v) is 7.66. The summed E-state index contributed by atoms with van der Waals surface area (Å²) < 4.78 is 0. The Morgan fingerprint density at radius 2 is 1.68 bits per heavy atom. The number of hydrogen-bond donors (Lipinski definition) is 4. The zero-order valence-electron chi connectivity index (χ0n) is 25.8. The summed E-state index contributed by atoms with van der Waals surface area (Å²) in [6, 6.07) is 26.0. The number of nitrogens with one attached hydrogen (secondary N) is 4. The molecule has 0 spiro atoms. The van der Waals surface area contributed by atoms with E-state index in [2.05, 4.69) is 27.0 Å². The largest absolute Gasteiger partial charge is 0.361 e. The number of carbonyl (C=O) groups excluding carboxylic acids is 3. The number of fused-ring (bicyclic) bond motifs is 2. The maximum absolute atomic E-state index is 13.5. The van der Waals surface area contributed by atoms with Gasteiger partial charge in [0.15, 0.2) is 0 Å². The summed E-state index contributed by atoms with van der Waals surface area (Å²) in [5.41, 5.74) is 4.45. The van der Waals surface area contributed by atoms with Crippen molar-refractivity contribution in [1.29, 1.82) is 5.26 Å². The summed E-state index contributed by atoms with van der Waals surface area (Å²) in [5, 5.41) is 19.6. The Balaban J connectivity index is 1.13. The van der Waals surface area contributed by atoms with E-state index in [1.807, 2.05) is 49.4 Å². The number of rotatable bonds is 9. The van der Waals surface area contributed by atoms with E-state index in [0.29, 0.717) is 21.8 Å². The second-order valence-electron chi connectivity index (χ2n) is 11.3. The monoisotopic (exact) mass is 659 g/mol. The minimum atomic E-state index is -0.477. The summed E-state index contributed by atoms with van der Waals surface area (Å²) in [6.45, 7) is 1.83. The highest BCUT2D eigenvalue weighted by molar-refractivity contribution is 8.00. The van der Waals surface area contributed by atoms with Crippen LogP contribution in [0.5, 0.6) is 0 Å². The number of para-hydroxylation sites is 1. The lowest BCUT2D eigenvalue weighted by Crippen LogP contribution is -2.30. The van der Waals surface area contributed by atoms with E-state index in [9.17, 15) is 19.6 Å². The first-order valence-corrected chi connectivity index (χ1v) is 17.2. The van der Waals surface area contributed by atoms with Crippen molar-refractivity contribution in [2.75, 3.05) is 10.6 Å². The molecule has 2 aromatic heterocycles. The highest BCUT2D eigenvalue weighted by atomic mass is 32.2. The van der Waals surface area contributed by atoms with Gasteiger partial charge in [0, 0.05) is 43.7 Å². The number of aryl methyl sites for hydroxylation is 1. The van der Waals surface area contributed by atoms with Crippen molar-refractivity contribution in [1.82, 2.24) is 10.3 Å². The van der Waals surface area contributed by atoms with Gasteiger partial charge in [-0.3, -0.25) is 14.4 Å². The Morgan fingerprint density at radius 1 is 0.936 bits per heavy atom. The molecular weight excluding hydrogens is 627 g/mol. The van der Waals surface area contributed by atoms with Gasteiger partial charge in [-0.15, -0.1) is 23.1 Å². The Hall–Kier alpha value is -5.11. The Kier molecular flexibility index (Phi) is 9.86. The van der Waals surface area contributed by atoms with Gasteiger partial charge in [-0.05, 0) is 86.7 Å². The lowest BCUT2D eigenvalue weighted by Gasteiger charge is -2.13. The number of thiophene rings is 1. The number of H-pyrrole nitrogens is 1. The smallest absolute Gasteiger partial charge is 0.272 e. The van der Waals surface area contributed by atoms with Crippen LogP contribution in [0.2, 0.25) is 0 Å². The van der Waals surface area contributed by atoms with Crippen molar-refractivity contribution in [2.24, 2.45) is 0 Å². The minimum absolute atomic E-state index is 0.0926. The van der Waals surface area contributed by atoms with Gasteiger partial charge in [0.05, 0.1) is 10.8 Å². The first-order chi connectivity index (χ1) is 22.9.